The predicted molar refractivity (Wildman–Crippen MR) is 103 cm³/mol. The Bertz CT molecular complexity index is 596. The smallest absolute Gasteiger partial charge is 0.224 e. The van der Waals surface area contributed by atoms with E-state index in [4.69, 9.17) is 14.2 Å². The Morgan fingerprint density at radius 1 is 1.04 bits per heavy atom. The third-order valence-electron chi connectivity index (χ3n) is 5.31. The molecule has 1 aliphatic rings. The summed E-state index contributed by atoms with van der Waals surface area (Å²) in [5, 5.41) is 3.28. The maximum Gasteiger partial charge on any atom is 0.224 e. The molecule has 5 nitrogen and oxygen atoms in total. The summed E-state index contributed by atoms with van der Waals surface area (Å²) in [6.45, 7) is 6.80. The second-order valence-electron chi connectivity index (χ2n) is 8.14. The SMILES string of the molecule is COc1cc(CC(=O)NC2CCCCC2C(C)(C)C)cc(OC)c1OC. The molecular weight excluding hydrogens is 330 g/mol. The molecule has 1 aromatic rings. The molecule has 0 heterocycles. The Morgan fingerprint density at radius 2 is 1.62 bits per heavy atom. The van der Waals surface area contributed by atoms with Gasteiger partial charge < -0.3 is 19.5 Å². The number of hydrogen-bond acceptors (Lipinski definition) is 4. The van der Waals surface area contributed by atoms with E-state index in [9.17, 15) is 4.79 Å². The summed E-state index contributed by atoms with van der Waals surface area (Å²) in [5.41, 5.74) is 1.05. The van der Waals surface area contributed by atoms with E-state index in [0.29, 0.717) is 29.6 Å². The lowest BCUT2D eigenvalue weighted by Crippen LogP contribution is -2.47. The third kappa shape index (κ3) is 4.83. The van der Waals surface area contributed by atoms with Crippen molar-refractivity contribution < 1.29 is 19.0 Å². The second kappa shape index (κ2) is 8.65. The minimum Gasteiger partial charge on any atom is -0.493 e. The first-order valence-electron chi connectivity index (χ1n) is 9.38. The number of rotatable bonds is 6. The quantitative estimate of drug-likeness (QED) is 0.831. The van der Waals surface area contributed by atoms with E-state index in [1.54, 1.807) is 21.3 Å². The highest BCUT2D eigenvalue weighted by atomic mass is 16.5. The van der Waals surface area contributed by atoms with Crippen molar-refractivity contribution in [1.29, 1.82) is 0 Å². The van der Waals surface area contributed by atoms with E-state index in [-0.39, 0.29) is 17.4 Å². The number of nitrogens with one attached hydrogen (secondary N) is 1. The van der Waals surface area contributed by atoms with Gasteiger partial charge in [0.15, 0.2) is 11.5 Å². The van der Waals surface area contributed by atoms with Crippen molar-refractivity contribution in [3.05, 3.63) is 17.7 Å². The summed E-state index contributed by atoms with van der Waals surface area (Å²) < 4.78 is 16.1. The Kier molecular flexibility index (Phi) is 6.79. The van der Waals surface area contributed by atoms with Gasteiger partial charge in [-0.3, -0.25) is 4.79 Å². The number of ether oxygens (including phenoxy) is 3. The number of carbonyl (C=O) groups is 1. The van der Waals surface area contributed by atoms with Crippen LogP contribution >= 0.6 is 0 Å². The highest BCUT2D eigenvalue weighted by molar-refractivity contribution is 5.79. The molecular formula is C21H33NO4. The van der Waals surface area contributed by atoms with E-state index in [0.717, 1.165) is 12.0 Å². The molecule has 1 aliphatic carbocycles. The molecule has 1 aromatic carbocycles. The van der Waals surface area contributed by atoms with Gasteiger partial charge in [0.25, 0.3) is 0 Å². The van der Waals surface area contributed by atoms with Crippen LogP contribution < -0.4 is 19.5 Å². The fourth-order valence-corrected chi connectivity index (χ4v) is 4.02. The summed E-state index contributed by atoms with van der Waals surface area (Å²) in [5.74, 6) is 2.24. The first kappa shape index (κ1) is 20.4. The third-order valence-corrected chi connectivity index (χ3v) is 5.31. The van der Waals surface area contributed by atoms with Crippen LogP contribution in [0.1, 0.15) is 52.0 Å². The van der Waals surface area contributed by atoms with Gasteiger partial charge in [0.1, 0.15) is 0 Å². The molecule has 26 heavy (non-hydrogen) atoms. The molecule has 2 atom stereocenters. The largest absolute Gasteiger partial charge is 0.493 e. The number of carbonyl (C=O) groups excluding carboxylic acids is 1. The van der Waals surface area contributed by atoms with E-state index >= 15 is 0 Å². The summed E-state index contributed by atoms with van der Waals surface area (Å²) in [4.78, 5) is 12.7. The Hall–Kier alpha value is -1.91. The van der Waals surface area contributed by atoms with Gasteiger partial charge >= 0.3 is 0 Å². The molecule has 1 amide bonds. The Morgan fingerprint density at radius 3 is 2.12 bits per heavy atom. The minimum atomic E-state index is 0.0421. The first-order chi connectivity index (χ1) is 12.3. The van der Waals surface area contributed by atoms with Crippen LogP contribution in [0.5, 0.6) is 17.2 Å². The molecule has 1 saturated carbocycles. The average molecular weight is 363 g/mol. The zero-order valence-corrected chi connectivity index (χ0v) is 17.0. The monoisotopic (exact) mass is 363 g/mol. The van der Waals surface area contributed by atoms with Gasteiger partial charge in [-0.1, -0.05) is 33.6 Å². The molecule has 5 heteroatoms. The van der Waals surface area contributed by atoms with Crippen LogP contribution in [0.15, 0.2) is 12.1 Å². The van der Waals surface area contributed by atoms with Crippen molar-refractivity contribution in [2.75, 3.05) is 21.3 Å². The molecule has 0 spiro atoms. The normalized spacial score (nSPS) is 20.4. The first-order valence-corrected chi connectivity index (χ1v) is 9.38. The molecule has 1 N–H and O–H groups in total. The van der Waals surface area contributed by atoms with Gasteiger partial charge in [-0.25, -0.2) is 0 Å². The van der Waals surface area contributed by atoms with Crippen LogP contribution in [0.25, 0.3) is 0 Å². The highest BCUT2D eigenvalue weighted by Crippen LogP contribution is 2.39. The molecule has 0 bridgehead atoms. The predicted octanol–water partition coefficient (Wildman–Crippen LogP) is 3.98. The standard InChI is InChI=1S/C21H33NO4/c1-21(2,3)15-9-7-8-10-16(15)22-19(23)13-14-11-17(24-4)20(26-6)18(12-14)25-5/h11-12,15-16H,7-10,13H2,1-6H3,(H,22,23). The number of methoxy groups -OCH3 is 3. The molecule has 0 aliphatic heterocycles. The van der Waals surface area contributed by atoms with Crippen LogP contribution in [0.4, 0.5) is 0 Å². The van der Waals surface area contributed by atoms with Crippen molar-refractivity contribution in [2.24, 2.45) is 11.3 Å². The van der Waals surface area contributed by atoms with Gasteiger partial charge in [-0.05, 0) is 41.9 Å². The molecule has 146 valence electrons. The van der Waals surface area contributed by atoms with Crippen LogP contribution in [-0.2, 0) is 11.2 Å². The molecule has 1 fully saturated rings. The summed E-state index contributed by atoms with van der Waals surface area (Å²) in [6, 6.07) is 3.92. The lowest BCUT2D eigenvalue weighted by molar-refractivity contribution is -0.122. The van der Waals surface area contributed by atoms with Crippen LogP contribution in [0.2, 0.25) is 0 Å². The summed E-state index contributed by atoms with van der Waals surface area (Å²) >= 11 is 0. The van der Waals surface area contributed by atoms with Gasteiger partial charge in [0.2, 0.25) is 11.7 Å². The number of hydrogen-bond donors (Lipinski definition) is 1. The average Bonchev–Trinajstić information content (AvgIpc) is 2.60. The van der Waals surface area contributed by atoms with E-state index < -0.39 is 0 Å². The molecule has 2 unspecified atom stereocenters. The van der Waals surface area contributed by atoms with Crippen molar-refractivity contribution in [3.63, 3.8) is 0 Å². The summed E-state index contributed by atoms with van der Waals surface area (Å²) in [7, 11) is 4.73. The fourth-order valence-electron chi connectivity index (χ4n) is 4.02. The van der Waals surface area contributed by atoms with Crippen LogP contribution in [0.3, 0.4) is 0 Å². The second-order valence-corrected chi connectivity index (χ2v) is 8.14. The summed E-state index contributed by atoms with van der Waals surface area (Å²) in [6.07, 6.45) is 4.97. The van der Waals surface area contributed by atoms with Gasteiger partial charge in [-0.15, -0.1) is 0 Å². The van der Waals surface area contributed by atoms with Gasteiger partial charge in [0, 0.05) is 6.04 Å². The van der Waals surface area contributed by atoms with E-state index in [1.165, 1.54) is 19.3 Å². The molecule has 2 rings (SSSR count). The highest BCUT2D eigenvalue weighted by Gasteiger charge is 2.34. The van der Waals surface area contributed by atoms with Crippen LogP contribution in [-0.4, -0.2) is 33.3 Å². The Labute approximate surface area is 157 Å². The molecule has 0 radical (unpaired) electrons. The zero-order valence-electron chi connectivity index (χ0n) is 17.0. The van der Waals surface area contributed by atoms with Gasteiger partial charge in [-0.2, -0.15) is 0 Å². The maximum absolute atomic E-state index is 12.7. The van der Waals surface area contributed by atoms with E-state index in [1.807, 2.05) is 12.1 Å². The molecule has 0 aromatic heterocycles. The van der Waals surface area contributed by atoms with Crippen molar-refractivity contribution in [3.8, 4) is 17.2 Å². The molecule has 0 saturated heterocycles. The lowest BCUT2D eigenvalue weighted by atomic mass is 9.69. The zero-order chi connectivity index (χ0) is 19.3. The Balaban J connectivity index is 2.12. The number of benzene rings is 1. The minimum absolute atomic E-state index is 0.0421. The number of amides is 1. The van der Waals surface area contributed by atoms with Crippen molar-refractivity contribution in [2.45, 2.75) is 58.9 Å². The topological polar surface area (TPSA) is 56.8 Å². The maximum atomic E-state index is 12.7. The van der Waals surface area contributed by atoms with Crippen molar-refractivity contribution in [1.82, 2.24) is 5.32 Å². The van der Waals surface area contributed by atoms with Gasteiger partial charge in [0.05, 0.1) is 27.8 Å². The lowest BCUT2D eigenvalue weighted by Gasteiger charge is -2.40. The fraction of sp³-hybridized carbons (Fsp3) is 0.667. The van der Waals surface area contributed by atoms with Crippen LogP contribution in [0, 0.1) is 11.3 Å². The van der Waals surface area contributed by atoms with E-state index in [2.05, 4.69) is 26.1 Å². The van der Waals surface area contributed by atoms with Crippen molar-refractivity contribution >= 4 is 5.91 Å².